The van der Waals surface area contributed by atoms with Crippen molar-refractivity contribution in [3.63, 3.8) is 0 Å². The van der Waals surface area contributed by atoms with E-state index in [-0.39, 0.29) is 11.5 Å². The number of hydrogen-bond acceptors (Lipinski definition) is 2. The summed E-state index contributed by atoms with van der Waals surface area (Å²) in [5.41, 5.74) is 2.84. The van der Waals surface area contributed by atoms with Crippen LogP contribution >= 0.6 is 0 Å². The molecule has 1 N–H and O–H groups in total. The molecule has 0 aromatic heterocycles. The van der Waals surface area contributed by atoms with Gasteiger partial charge in [0, 0.05) is 6.42 Å². The normalized spacial score (nSPS) is 17.2. The third-order valence-electron chi connectivity index (χ3n) is 3.39. The monoisotopic (exact) mass is 245 g/mol. The third kappa shape index (κ3) is 2.59. The van der Waals surface area contributed by atoms with Gasteiger partial charge in [0.1, 0.15) is 5.76 Å². The van der Waals surface area contributed by atoms with Crippen LogP contribution in [0.15, 0.2) is 36.1 Å². The standard InChI is InChI=1S/C16H23NO/c1-16(2,3)13-9-6-5-8-12(13)15(17-4)14-10-7-11-18-14/h5-6,8-10,15,17H,7,11H2,1-4H3. The molecule has 1 aromatic rings. The smallest absolute Gasteiger partial charge is 0.114 e. The van der Waals surface area contributed by atoms with Gasteiger partial charge < -0.3 is 10.1 Å². The molecule has 0 radical (unpaired) electrons. The maximum atomic E-state index is 5.73. The van der Waals surface area contributed by atoms with Crippen LogP contribution in [0.25, 0.3) is 0 Å². The second-order valence-electron chi connectivity index (χ2n) is 5.80. The molecule has 1 aliphatic rings. The number of hydrogen-bond donors (Lipinski definition) is 1. The van der Waals surface area contributed by atoms with Crippen molar-refractivity contribution in [2.75, 3.05) is 13.7 Å². The number of likely N-dealkylation sites (N-methyl/N-ethyl adjacent to an activating group) is 1. The van der Waals surface area contributed by atoms with Crippen molar-refractivity contribution in [1.82, 2.24) is 5.32 Å². The fraction of sp³-hybridized carbons (Fsp3) is 0.500. The summed E-state index contributed by atoms with van der Waals surface area (Å²) in [4.78, 5) is 0. The molecule has 2 rings (SSSR count). The maximum absolute atomic E-state index is 5.73. The van der Waals surface area contributed by atoms with Crippen LogP contribution in [0.5, 0.6) is 0 Å². The van der Waals surface area contributed by atoms with Crippen molar-refractivity contribution in [3.8, 4) is 0 Å². The molecule has 98 valence electrons. The molecule has 0 bridgehead atoms. The zero-order valence-corrected chi connectivity index (χ0v) is 11.8. The first-order valence-corrected chi connectivity index (χ1v) is 6.63. The van der Waals surface area contributed by atoms with Crippen molar-refractivity contribution in [2.24, 2.45) is 0 Å². The van der Waals surface area contributed by atoms with E-state index >= 15 is 0 Å². The van der Waals surface area contributed by atoms with Gasteiger partial charge in [0.25, 0.3) is 0 Å². The summed E-state index contributed by atoms with van der Waals surface area (Å²) in [6.07, 6.45) is 3.21. The lowest BCUT2D eigenvalue weighted by Gasteiger charge is -2.27. The van der Waals surface area contributed by atoms with Gasteiger partial charge in [-0.05, 0) is 29.7 Å². The van der Waals surface area contributed by atoms with Gasteiger partial charge in [0.05, 0.1) is 12.6 Å². The van der Waals surface area contributed by atoms with E-state index in [4.69, 9.17) is 4.74 Å². The van der Waals surface area contributed by atoms with Crippen molar-refractivity contribution in [3.05, 3.63) is 47.2 Å². The molecule has 0 spiro atoms. The van der Waals surface area contributed by atoms with E-state index in [1.54, 1.807) is 0 Å². The van der Waals surface area contributed by atoms with E-state index in [2.05, 4.69) is 56.4 Å². The summed E-state index contributed by atoms with van der Waals surface area (Å²) in [6, 6.07) is 8.80. The molecule has 0 amide bonds. The number of benzene rings is 1. The fourth-order valence-electron chi connectivity index (χ4n) is 2.52. The molecule has 1 unspecified atom stereocenters. The lowest BCUT2D eigenvalue weighted by atomic mass is 9.81. The minimum Gasteiger partial charge on any atom is -0.496 e. The first-order valence-electron chi connectivity index (χ1n) is 6.63. The average molecular weight is 245 g/mol. The van der Waals surface area contributed by atoms with E-state index in [1.807, 2.05) is 7.05 Å². The summed E-state index contributed by atoms with van der Waals surface area (Å²) < 4.78 is 5.73. The minimum atomic E-state index is 0.144. The van der Waals surface area contributed by atoms with Crippen molar-refractivity contribution >= 4 is 0 Å². The highest BCUT2D eigenvalue weighted by atomic mass is 16.5. The Morgan fingerprint density at radius 2 is 1.94 bits per heavy atom. The molecular weight excluding hydrogens is 222 g/mol. The molecule has 18 heavy (non-hydrogen) atoms. The zero-order chi connectivity index (χ0) is 13.2. The predicted octanol–water partition coefficient (Wildman–Crippen LogP) is 3.55. The van der Waals surface area contributed by atoms with Gasteiger partial charge in [0.2, 0.25) is 0 Å². The summed E-state index contributed by atoms with van der Waals surface area (Å²) >= 11 is 0. The van der Waals surface area contributed by atoms with E-state index < -0.39 is 0 Å². The van der Waals surface area contributed by atoms with Crippen LogP contribution in [0.4, 0.5) is 0 Å². The molecule has 0 saturated carbocycles. The zero-order valence-electron chi connectivity index (χ0n) is 11.8. The molecule has 1 aromatic carbocycles. The van der Waals surface area contributed by atoms with Crippen LogP contribution in [0.3, 0.4) is 0 Å². The largest absolute Gasteiger partial charge is 0.496 e. The quantitative estimate of drug-likeness (QED) is 0.879. The highest BCUT2D eigenvalue weighted by Crippen LogP contribution is 2.34. The number of nitrogens with one attached hydrogen (secondary N) is 1. The Balaban J connectivity index is 2.42. The SMILES string of the molecule is CNC(C1=CCCO1)c1ccccc1C(C)(C)C. The Bertz CT molecular complexity index is 443. The Morgan fingerprint density at radius 3 is 2.50 bits per heavy atom. The van der Waals surface area contributed by atoms with Gasteiger partial charge in [0.15, 0.2) is 0 Å². The molecule has 1 aliphatic heterocycles. The Kier molecular flexibility index (Phi) is 3.76. The molecule has 1 heterocycles. The Morgan fingerprint density at radius 1 is 1.22 bits per heavy atom. The van der Waals surface area contributed by atoms with Crippen molar-refractivity contribution in [2.45, 2.75) is 38.6 Å². The topological polar surface area (TPSA) is 21.3 Å². The second-order valence-corrected chi connectivity index (χ2v) is 5.80. The fourth-order valence-corrected chi connectivity index (χ4v) is 2.52. The van der Waals surface area contributed by atoms with E-state index in [0.29, 0.717) is 0 Å². The average Bonchev–Trinajstić information content (AvgIpc) is 2.83. The number of rotatable bonds is 3. The van der Waals surface area contributed by atoms with Gasteiger partial charge >= 0.3 is 0 Å². The van der Waals surface area contributed by atoms with Gasteiger partial charge in [-0.3, -0.25) is 0 Å². The van der Waals surface area contributed by atoms with Crippen molar-refractivity contribution in [1.29, 1.82) is 0 Å². The van der Waals surface area contributed by atoms with Crippen LogP contribution in [0.2, 0.25) is 0 Å². The van der Waals surface area contributed by atoms with E-state index in [0.717, 1.165) is 18.8 Å². The summed E-state index contributed by atoms with van der Waals surface area (Å²) in [5, 5.41) is 3.38. The first-order chi connectivity index (χ1) is 8.54. The lowest BCUT2D eigenvalue weighted by Crippen LogP contribution is -2.24. The van der Waals surface area contributed by atoms with Gasteiger partial charge in [-0.15, -0.1) is 0 Å². The highest BCUT2D eigenvalue weighted by Gasteiger charge is 2.25. The summed E-state index contributed by atoms with van der Waals surface area (Å²) in [6.45, 7) is 7.57. The molecule has 2 heteroatoms. The molecule has 2 nitrogen and oxygen atoms in total. The van der Waals surface area contributed by atoms with Gasteiger partial charge in [-0.2, -0.15) is 0 Å². The van der Waals surface area contributed by atoms with Crippen LogP contribution in [0, 0.1) is 0 Å². The van der Waals surface area contributed by atoms with Gasteiger partial charge in [-0.25, -0.2) is 0 Å². The molecule has 0 saturated heterocycles. The summed E-state index contributed by atoms with van der Waals surface area (Å²) in [7, 11) is 1.99. The second kappa shape index (κ2) is 5.15. The van der Waals surface area contributed by atoms with Crippen LogP contribution in [0.1, 0.15) is 44.4 Å². The Hall–Kier alpha value is -1.28. The molecule has 0 aliphatic carbocycles. The maximum Gasteiger partial charge on any atom is 0.114 e. The molecule has 0 fully saturated rings. The van der Waals surface area contributed by atoms with Crippen LogP contribution in [-0.2, 0) is 10.2 Å². The molecular formula is C16H23NO. The van der Waals surface area contributed by atoms with E-state index in [1.165, 1.54) is 11.1 Å². The van der Waals surface area contributed by atoms with Gasteiger partial charge in [-0.1, -0.05) is 45.0 Å². The summed E-state index contributed by atoms with van der Waals surface area (Å²) in [5.74, 6) is 1.06. The highest BCUT2D eigenvalue weighted by molar-refractivity contribution is 5.38. The van der Waals surface area contributed by atoms with Crippen molar-refractivity contribution < 1.29 is 4.74 Å². The number of ether oxygens (including phenoxy) is 1. The predicted molar refractivity (Wildman–Crippen MR) is 75.6 cm³/mol. The first kappa shape index (κ1) is 13.2. The minimum absolute atomic E-state index is 0.144. The lowest BCUT2D eigenvalue weighted by molar-refractivity contribution is 0.217. The van der Waals surface area contributed by atoms with Crippen LogP contribution in [-0.4, -0.2) is 13.7 Å². The van der Waals surface area contributed by atoms with E-state index in [9.17, 15) is 0 Å². The molecule has 1 atom stereocenters. The third-order valence-corrected chi connectivity index (χ3v) is 3.39. The van der Waals surface area contributed by atoms with Crippen LogP contribution < -0.4 is 5.32 Å². The Labute approximate surface area is 110 Å².